The largest absolute Gasteiger partial charge is 0.345 e. The Bertz CT molecular complexity index is 1300. The van der Waals surface area contributed by atoms with Crippen molar-refractivity contribution >= 4 is 28.5 Å². The predicted octanol–water partition coefficient (Wildman–Crippen LogP) is 3.98. The van der Waals surface area contributed by atoms with Crippen LogP contribution >= 0.6 is 11.6 Å². The van der Waals surface area contributed by atoms with E-state index in [1.165, 1.54) is 5.69 Å². The maximum Gasteiger partial charge on any atom is 0.227 e. The van der Waals surface area contributed by atoms with Crippen LogP contribution in [0.4, 0.5) is 0 Å². The first kappa shape index (κ1) is 19.5. The number of aryl methyl sites for hydroxylation is 1. The molecule has 0 aliphatic carbocycles. The van der Waals surface area contributed by atoms with Crippen LogP contribution in [0, 0.1) is 0 Å². The van der Waals surface area contributed by atoms with E-state index in [4.69, 9.17) is 16.7 Å². The zero-order valence-corrected chi connectivity index (χ0v) is 18.3. The van der Waals surface area contributed by atoms with E-state index in [0.29, 0.717) is 11.4 Å². The molecule has 0 radical (unpaired) electrons. The number of hydrogen-bond acceptors (Lipinski definition) is 4. The van der Waals surface area contributed by atoms with E-state index in [-0.39, 0.29) is 11.3 Å². The van der Waals surface area contributed by atoms with Gasteiger partial charge >= 0.3 is 0 Å². The molecule has 0 saturated carbocycles. The lowest BCUT2D eigenvalue weighted by Crippen LogP contribution is -2.44. The first-order valence-electron chi connectivity index (χ1n) is 11.0. The second kappa shape index (κ2) is 7.45. The molecule has 1 N–H and O–H groups in total. The van der Waals surface area contributed by atoms with E-state index in [0.717, 1.165) is 66.8 Å². The summed E-state index contributed by atoms with van der Waals surface area (Å²) in [6.45, 7) is 2.48. The third-order valence-corrected chi connectivity index (χ3v) is 7.37. The van der Waals surface area contributed by atoms with E-state index in [1.54, 1.807) is 18.6 Å². The highest BCUT2D eigenvalue weighted by atomic mass is 35.5. The van der Waals surface area contributed by atoms with Gasteiger partial charge in [-0.15, -0.1) is 0 Å². The minimum Gasteiger partial charge on any atom is -0.345 e. The van der Waals surface area contributed by atoms with Crippen LogP contribution in [0.2, 0.25) is 5.02 Å². The topological polar surface area (TPSA) is 79.7 Å². The molecule has 4 aromatic heterocycles. The van der Waals surface area contributed by atoms with Crippen molar-refractivity contribution in [1.29, 1.82) is 0 Å². The quantitative estimate of drug-likeness (QED) is 0.516. The van der Waals surface area contributed by atoms with Crippen molar-refractivity contribution in [3.8, 4) is 11.3 Å². The standard InChI is InChI=1S/C24H23ClN6O/c25-19-15-28-23-18(19)11-17(14-27-23)20-12-21-24(5-9-31(21)29-20)3-7-30(8-4-24)22(32)10-16-2-1-6-26-13-16/h1-2,6,11-15H,3-5,7-10H2,(H,27,28). The van der Waals surface area contributed by atoms with Gasteiger partial charge in [0.2, 0.25) is 5.91 Å². The fourth-order valence-corrected chi connectivity index (χ4v) is 5.39. The molecule has 0 bridgehead atoms. The molecule has 1 fully saturated rings. The molecule has 7 nitrogen and oxygen atoms in total. The van der Waals surface area contributed by atoms with Crippen molar-refractivity contribution in [3.63, 3.8) is 0 Å². The van der Waals surface area contributed by atoms with Gasteiger partial charge in [-0.2, -0.15) is 5.10 Å². The molecule has 162 valence electrons. The van der Waals surface area contributed by atoms with Gasteiger partial charge in [-0.05, 0) is 43.0 Å². The van der Waals surface area contributed by atoms with Gasteiger partial charge in [-0.3, -0.25) is 14.5 Å². The van der Waals surface area contributed by atoms with Gasteiger partial charge in [-0.1, -0.05) is 17.7 Å². The van der Waals surface area contributed by atoms with Crippen molar-refractivity contribution < 1.29 is 4.79 Å². The summed E-state index contributed by atoms with van der Waals surface area (Å²) in [6.07, 6.45) is 10.6. The summed E-state index contributed by atoms with van der Waals surface area (Å²) in [5, 5.41) is 6.45. The number of nitrogens with one attached hydrogen (secondary N) is 1. The Morgan fingerprint density at radius 1 is 1.16 bits per heavy atom. The highest BCUT2D eigenvalue weighted by Gasteiger charge is 2.43. The van der Waals surface area contributed by atoms with E-state index < -0.39 is 0 Å². The third kappa shape index (κ3) is 3.19. The lowest BCUT2D eigenvalue weighted by atomic mass is 9.74. The van der Waals surface area contributed by atoms with Crippen molar-refractivity contribution in [2.24, 2.45) is 0 Å². The number of fused-ring (bicyclic) bond motifs is 3. The van der Waals surface area contributed by atoms with Crippen molar-refractivity contribution in [3.05, 3.63) is 65.3 Å². The fraction of sp³-hybridized carbons (Fsp3) is 0.333. The van der Waals surface area contributed by atoms with Gasteiger partial charge < -0.3 is 9.88 Å². The van der Waals surface area contributed by atoms with Gasteiger partial charge in [0, 0.05) is 66.5 Å². The molecule has 0 atom stereocenters. The number of hydrogen-bond donors (Lipinski definition) is 1. The Morgan fingerprint density at radius 3 is 2.81 bits per heavy atom. The van der Waals surface area contributed by atoms with Crippen LogP contribution in [0.25, 0.3) is 22.3 Å². The van der Waals surface area contributed by atoms with Gasteiger partial charge in [-0.25, -0.2) is 4.98 Å². The maximum atomic E-state index is 12.8. The third-order valence-electron chi connectivity index (χ3n) is 7.05. The summed E-state index contributed by atoms with van der Waals surface area (Å²) in [4.78, 5) is 26.5. The zero-order chi connectivity index (χ0) is 21.7. The highest BCUT2D eigenvalue weighted by molar-refractivity contribution is 6.35. The normalized spacial score (nSPS) is 17.2. The number of aromatic amines is 1. The molecule has 1 amide bonds. The van der Waals surface area contributed by atoms with E-state index in [9.17, 15) is 4.79 Å². The highest BCUT2D eigenvalue weighted by Crippen LogP contribution is 2.44. The lowest BCUT2D eigenvalue weighted by molar-refractivity contribution is -0.132. The summed E-state index contributed by atoms with van der Waals surface area (Å²) in [5.74, 6) is 0.183. The van der Waals surface area contributed by atoms with Crippen LogP contribution < -0.4 is 0 Å². The Balaban J connectivity index is 1.20. The van der Waals surface area contributed by atoms with Crippen molar-refractivity contribution in [1.82, 2.24) is 29.6 Å². The van der Waals surface area contributed by atoms with Crippen LogP contribution in [-0.4, -0.2) is 48.6 Å². The molecule has 6 heterocycles. The second-order valence-electron chi connectivity index (χ2n) is 8.84. The first-order valence-corrected chi connectivity index (χ1v) is 11.4. The van der Waals surface area contributed by atoms with E-state index in [2.05, 4.69) is 25.7 Å². The number of pyridine rings is 2. The van der Waals surface area contributed by atoms with Crippen molar-refractivity contribution in [2.45, 2.75) is 37.6 Å². The van der Waals surface area contributed by atoms with E-state index >= 15 is 0 Å². The number of piperidine rings is 1. The fourth-order valence-electron chi connectivity index (χ4n) is 5.19. The molecule has 0 unspecified atom stereocenters. The Hall–Kier alpha value is -3.19. The van der Waals surface area contributed by atoms with Gasteiger partial charge in [0.1, 0.15) is 5.65 Å². The SMILES string of the molecule is O=C(Cc1cccnc1)N1CCC2(CC1)CCn1nc(-c3cnc4[nH]cc(Cl)c4c3)cc12. The smallest absolute Gasteiger partial charge is 0.227 e. The molecule has 1 saturated heterocycles. The molecule has 32 heavy (non-hydrogen) atoms. The first-order chi connectivity index (χ1) is 15.6. The zero-order valence-electron chi connectivity index (χ0n) is 17.6. The Kier molecular flexibility index (Phi) is 4.54. The molecular formula is C24H23ClN6O. The molecule has 0 aromatic carbocycles. The minimum atomic E-state index is 0.0968. The van der Waals surface area contributed by atoms with Crippen LogP contribution in [0.5, 0.6) is 0 Å². The molecule has 2 aliphatic rings. The van der Waals surface area contributed by atoms with Crippen LogP contribution in [0.1, 0.15) is 30.5 Å². The minimum absolute atomic E-state index is 0.0968. The van der Waals surface area contributed by atoms with Gasteiger partial charge in [0.15, 0.2) is 0 Å². The number of likely N-dealkylation sites (tertiary alicyclic amines) is 1. The predicted molar refractivity (Wildman–Crippen MR) is 122 cm³/mol. The number of rotatable bonds is 3. The molecule has 6 rings (SSSR count). The monoisotopic (exact) mass is 446 g/mol. The second-order valence-corrected chi connectivity index (χ2v) is 9.25. The molecule has 4 aromatic rings. The number of H-pyrrole nitrogens is 1. The van der Waals surface area contributed by atoms with Gasteiger partial charge in [0.05, 0.1) is 17.1 Å². The number of aromatic nitrogens is 5. The Morgan fingerprint density at radius 2 is 2.00 bits per heavy atom. The molecular weight excluding hydrogens is 424 g/mol. The van der Waals surface area contributed by atoms with Crippen LogP contribution in [0.3, 0.4) is 0 Å². The molecule has 2 aliphatic heterocycles. The number of amides is 1. The van der Waals surface area contributed by atoms with Crippen LogP contribution in [0.15, 0.2) is 49.1 Å². The molecule has 8 heteroatoms. The number of carbonyl (C=O) groups excluding carboxylic acids is 1. The van der Waals surface area contributed by atoms with Gasteiger partial charge in [0.25, 0.3) is 0 Å². The van der Waals surface area contributed by atoms with Crippen molar-refractivity contribution in [2.75, 3.05) is 13.1 Å². The summed E-state index contributed by atoms with van der Waals surface area (Å²) in [5.41, 5.74) is 5.03. The average Bonchev–Trinajstić information content (AvgIpc) is 3.50. The Labute approximate surface area is 190 Å². The maximum absolute atomic E-state index is 12.8. The summed E-state index contributed by atoms with van der Waals surface area (Å²) in [6, 6.07) is 8.09. The summed E-state index contributed by atoms with van der Waals surface area (Å²) < 4.78 is 2.14. The lowest BCUT2D eigenvalue weighted by Gasteiger charge is -2.39. The number of halogens is 1. The number of carbonyl (C=O) groups is 1. The molecule has 1 spiro atoms. The van der Waals surface area contributed by atoms with Crippen LogP contribution in [-0.2, 0) is 23.2 Å². The van der Waals surface area contributed by atoms with E-state index in [1.807, 2.05) is 29.3 Å². The summed E-state index contributed by atoms with van der Waals surface area (Å²) >= 11 is 6.28. The average molecular weight is 447 g/mol. The number of nitrogens with zero attached hydrogens (tertiary/aromatic N) is 5. The summed E-state index contributed by atoms with van der Waals surface area (Å²) in [7, 11) is 0.